The van der Waals surface area contributed by atoms with Gasteiger partial charge in [-0.15, -0.1) is 0 Å². The van der Waals surface area contributed by atoms with Crippen molar-refractivity contribution in [2.24, 2.45) is 7.05 Å². The van der Waals surface area contributed by atoms with E-state index >= 15 is 0 Å². The van der Waals surface area contributed by atoms with Gasteiger partial charge < -0.3 is 58.6 Å². The lowest BCUT2D eigenvalue weighted by Crippen LogP contribution is -3.00. The molecular weight excluding hydrogens is 553 g/mol. The Labute approximate surface area is 214 Å². The number of aliphatic hydroxyl groups excluding tert-OH is 4. The second-order valence-corrected chi connectivity index (χ2v) is 7.93. The minimum absolute atomic E-state index is 0. The fourth-order valence-electron chi connectivity index (χ4n) is 3.88. The lowest BCUT2D eigenvalue weighted by molar-refractivity contribution is -0.646. The molecule has 182 valence electrons. The summed E-state index contributed by atoms with van der Waals surface area (Å²) in [6.45, 7) is -0.530. The van der Waals surface area contributed by atoms with E-state index in [2.05, 4.69) is 22.8 Å². The molecule has 5 atom stereocenters. The summed E-state index contributed by atoms with van der Waals surface area (Å²) in [7, 11) is 3.51. The van der Waals surface area contributed by atoms with Crippen LogP contribution in [0.1, 0.15) is 11.3 Å². The van der Waals surface area contributed by atoms with Crippen molar-refractivity contribution < 1.29 is 63.2 Å². The van der Waals surface area contributed by atoms with E-state index in [1.807, 2.05) is 43.5 Å². The number of pyridine rings is 1. The van der Waals surface area contributed by atoms with Gasteiger partial charge >= 0.3 is 0 Å². The number of hydrogen-bond donors (Lipinski definition) is 4. The van der Waals surface area contributed by atoms with Gasteiger partial charge in [0.15, 0.2) is 11.5 Å². The van der Waals surface area contributed by atoms with E-state index in [9.17, 15) is 20.4 Å². The minimum Gasteiger partial charge on any atom is -1.00 e. The zero-order valence-corrected chi connectivity index (χ0v) is 20.9. The Morgan fingerprint density at radius 3 is 2.44 bits per heavy atom. The Bertz CT molecular complexity index is 1150. The number of aliphatic hydroxyl groups is 4. The minimum atomic E-state index is -1.52. The number of fused-ring (bicyclic) bond motifs is 1. The van der Waals surface area contributed by atoms with Gasteiger partial charge in [0.2, 0.25) is 17.5 Å². The summed E-state index contributed by atoms with van der Waals surface area (Å²) < 4.78 is 18.7. The number of ether oxygens (including phenoxy) is 3. The van der Waals surface area contributed by atoms with E-state index in [0.29, 0.717) is 5.75 Å². The largest absolute Gasteiger partial charge is 1.00 e. The number of hydrogen-bond acceptors (Lipinski definition) is 7. The van der Waals surface area contributed by atoms with Crippen LogP contribution in [0.25, 0.3) is 23.1 Å². The first-order valence-electron chi connectivity index (χ1n) is 10.6. The molecule has 1 saturated heterocycles. The van der Waals surface area contributed by atoms with Gasteiger partial charge in [0.05, 0.1) is 13.7 Å². The normalized spacial score (nSPS) is 24.7. The van der Waals surface area contributed by atoms with E-state index in [1.165, 1.54) is 7.11 Å². The van der Waals surface area contributed by atoms with Crippen molar-refractivity contribution in [3.05, 3.63) is 65.9 Å². The maximum absolute atomic E-state index is 10.2. The van der Waals surface area contributed by atoms with Crippen molar-refractivity contribution in [1.82, 2.24) is 0 Å². The summed E-state index contributed by atoms with van der Waals surface area (Å²) in [6.07, 6.45) is -2.85. The molecule has 0 spiro atoms. The van der Waals surface area contributed by atoms with Crippen LogP contribution in [0.15, 0.2) is 54.6 Å². The molecule has 9 heteroatoms. The molecule has 34 heavy (non-hydrogen) atoms. The molecule has 1 aliphatic heterocycles. The molecule has 0 saturated carbocycles. The van der Waals surface area contributed by atoms with Crippen LogP contribution in [0.5, 0.6) is 11.5 Å². The standard InChI is InChI=1S/C25H28NO7.HI/c1-26-17(11-9-16-5-3-4-6-18(16)26)10-7-15-8-12-19(20(13-15)31-2)32-25-24(30)23(29)22(28)21(14-27)33-25;/h3-13,21-25,27-30H,14H2,1-2H3;1H/q+1;/p-1/t21-,22-,23+,24-,25?;/m1./s1. The van der Waals surface area contributed by atoms with Crippen LogP contribution >= 0.6 is 0 Å². The van der Waals surface area contributed by atoms with Gasteiger partial charge in [-0.25, -0.2) is 0 Å². The molecule has 1 unspecified atom stereocenters. The zero-order valence-electron chi connectivity index (χ0n) is 18.8. The summed E-state index contributed by atoms with van der Waals surface area (Å²) in [4.78, 5) is 0. The first-order valence-corrected chi connectivity index (χ1v) is 10.6. The molecule has 0 aliphatic carbocycles. The monoisotopic (exact) mass is 581 g/mol. The predicted molar refractivity (Wildman–Crippen MR) is 121 cm³/mol. The molecule has 0 radical (unpaired) electrons. The number of aromatic nitrogens is 1. The third-order valence-electron chi connectivity index (χ3n) is 5.84. The number of aryl methyl sites for hydroxylation is 1. The molecule has 1 fully saturated rings. The molecular formula is C25H28INO7. The van der Waals surface area contributed by atoms with E-state index in [0.717, 1.165) is 22.2 Å². The van der Waals surface area contributed by atoms with Crippen molar-refractivity contribution in [3.63, 3.8) is 0 Å². The summed E-state index contributed by atoms with van der Waals surface area (Å²) in [6, 6.07) is 17.5. The van der Waals surface area contributed by atoms with Gasteiger partial charge in [0.25, 0.3) is 0 Å². The van der Waals surface area contributed by atoms with Crippen LogP contribution in [0.2, 0.25) is 0 Å². The quantitative estimate of drug-likeness (QED) is 0.198. The van der Waals surface area contributed by atoms with Gasteiger partial charge in [0, 0.05) is 23.6 Å². The number of para-hydroxylation sites is 1. The Morgan fingerprint density at radius 2 is 1.71 bits per heavy atom. The van der Waals surface area contributed by atoms with Crippen molar-refractivity contribution in [1.29, 1.82) is 0 Å². The van der Waals surface area contributed by atoms with Crippen LogP contribution in [0.4, 0.5) is 0 Å². The highest BCUT2D eigenvalue weighted by molar-refractivity contribution is 5.77. The Balaban J connectivity index is 0.00000324. The average Bonchev–Trinajstić information content (AvgIpc) is 2.84. The molecule has 3 aromatic rings. The van der Waals surface area contributed by atoms with Crippen LogP contribution in [-0.4, -0.2) is 64.8 Å². The van der Waals surface area contributed by atoms with Crippen LogP contribution in [0, 0.1) is 0 Å². The molecule has 4 N–H and O–H groups in total. The molecule has 2 aromatic carbocycles. The van der Waals surface area contributed by atoms with Crippen LogP contribution in [0.3, 0.4) is 0 Å². The number of benzene rings is 2. The van der Waals surface area contributed by atoms with Gasteiger partial charge in [0.1, 0.15) is 31.5 Å². The fraction of sp³-hybridized carbons (Fsp3) is 0.320. The van der Waals surface area contributed by atoms with Gasteiger partial charge in [-0.3, -0.25) is 0 Å². The number of halogens is 1. The number of rotatable bonds is 6. The van der Waals surface area contributed by atoms with E-state index in [1.54, 1.807) is 12.1 Å². The van der Waals surface area contributed by atoms with Crippen LogP contribution < -0.4 is 38.0 Å². The molecule has 0 bridgehead atoms. The highest BCUT2D eigenvalue weighted by atomic mass is 127. The van der Waals surface area contributed by atoms with E-state index in [4.69, 9.17) is 14.2 Å². The molecule has 8 nitrogen and oxygen atoms in total. The summed E-state index contributed by atoms with van der Waals surface area (Å²) in [5, 5.41) is 40.6. The third-order valence-corrected chi connectivity index (χ3v) is 5.84. The summed E-state index contributed by atoms with van der Waals surface area (Å²) in [5.74, 6) is 0.687. The Morgan fingerprint density at radius 1 is 0.941 bits per heavy atom. The van der Waals surface area contributed by atoms with Crippen molar-refractivity contribution >= 4 is 23.1 Å². The SMILES string of the molecule is COc1cc(C=Cc2ccc3ccccc3[n+]2C)ccc1OC1O[C@H](CO)[C@@H](O)[C@H](O)[C@H]1O.[I-]. The third kappa shape index (κ3) is 5.35. The molecule has 1 aliphatic rings. The Kier molecular flexibility index (Phi) is 8.85. The van der Waals surface area contributed by atoms with Gasteiger partial charge in [-0.05, 0) is 35.9 Å². The summed E-state index contributed by atoms with van der Waals surface area (Å²) >= 11 is 0. The smallest absolute Gasteiger partial charge is 0.229 e. The maximum Gasteiger partial charge on any atom is 0.229 e. The van der Waals surface area contributed by atoms with Gasteiger partial charge in [-0.2, -0.15) is 4.57 Å². The number of nitrogens with zero attached hydrogens (tertiary/aromatic N) is 1. The second kappa shape index (κ2) is 11.4. The van der Waals surface area contributed by atoms with Crippen molar-refractivity contribution in [2.75, 3.05) is 13.7 Å². The lowest BCUT2D eigenvalue weighted by Gasteiger charge is -2.39. The first-order chi connectivity index (χ1) is 15.9. The summed E-state index contributed by atoms with van der Waals surface area (Å²) in [5.41, 5.74) is 3.01. The number of methoxy groups -OCH3 is 1. The van der Waals surface area contributed by atoms with Crippen LogP contribution in [-0.2, 0) is 11.8 Å². The topological polar surface area (TPSA) is 112 Å². The molecule has 0 amide bonds. The maximum atomic E-state index is 10.2. The Hall–Kier alpha value is -2.28. The molecule has 4 rings (SSSR count). The second-order valence-electron chi connectivity index (χ2n) is 7.93. The van der Waals surface area contributed by atoms with Crippen molar-refractivity contribution in [2.45, 2.75) is 30.7 Å². The molecule has 1 aromatic heterocycles. The molecule has 2 heterocycles. The lowest BCUT2D eigenvalue weighted by atomic mass is 9.99. The highest BCUT2D eigenvalue weighted by Gasteiger charge is 2.44. The fourth-order valence-corrected chi connectivity index (χ4v) is 3.88. The predicted octanol–water partition coefficient (Wildman–Crippen LogP) is -1.97. The van der Waals surface area contributed by atoms with Crippen molar-refractivity contribution in [3.8, 4) is 11.5 Å². The van der Waals surface area contributed by atoms with Gasteiger partial charge in [-0.1, -0.05) is 18.2 Å². The first kappa shape index (κ1) is 26.3. The highest BCUT2D eigenvalue weighted by Crippen LogP contribution is 2.32. The van der Waals surface area contributed by atoms with E-state index in [-0.39, 0.29) is 29.7 Å². The van der Waals surface area contributed by atoms with E-state index < -0.39 is 37.3 Å². The average molecular weight is 581 g/mol. The zero-order chi connectivity index (χ0) is 23.5.